The van der Waals surface area contributed by atoms with Crippen molar-refractivity contribution in [2.24, 2.45) is 17.8 Å². The molecule has 2 N–H and O–H groups in total. The van der Waals surface area contributed by atoms with Crippen molar-refractivity contribution in [2.75, 3.05) is 6.54 Å². The van der Waals surface area contributed by atoms with Crippen molar-refractivity contribution in [1.29, 1.82) is 0 Å². The van der Waals surface area contributed by atoms with Crippen LogP contribution in [0.25, 0.3) is 0 Å². The molecule has 0 saturated carbocycles. The lowest BCUT2D eigenvalue weighted by atomic mass is 9.95. The summed E-state index contributed by atoms with van der Waals surface area (Å²) in [6.07, 6.45) is 0. The molecule has 1 atom stereocenters. The predicted molar refractivity (Wildman–Crippen MR) is 53.8 cm³/mol. The van der Waals surface area contributed by atoms with Gasteiger partial charge in [-0.05, 0) is 11.8 Å². The Balaban J connectivity index is 4.24. The molecule has 1 unspecified atom stereocenters. The Morgan fingerprint density at radius 2 is 1.71 bits per heavy atom. The largest absolute Gasteiger partial charge is 0.481 e. The summed E-state index contributed by atoms with van der Waals surface area (Å²) in [4.78, 5) is 22.2. The predicted octanol–water partition coefficient (Wildman–Crippen LogP) is 1.12. The van der Waals surface area contributed by atoms with Crippen molar-refractivity contribution in [3.63, 3.8) is 0 Å². The van der Waals surface area contributed by atoms with E-state index in [1.165, 1.54) is 0 Å². The molecule has 0 rings (SSSR count). The van der Waals surface area contributed by atoms with Crippen LogP contribution in [-0.2, 0) is 9.59 Å². The number of nitrogens with one attached hydrogen (secondary N) is 1. The number of hydrogen-bond acceptors (Lipinski definition) is 2. The van der Waals surface area contributed by atoms with Gasteiger partial charge in [-0.15, -0.1) is 0 Å². The molecule has 0 spiro atoms. The zero-order valence-electron chi connectivity index (χ0n) is 9.20. The first kappa shape index (κ1) is 12.9. The van der Waals surface area contributed by atoms with Crippen molar-refractivity contribution < 1.29 is 14.7 Å². The van der Waals surface area contributed by atoms with Crippen LogP contribution in [0, 0.1) is 17.8 Å². The molecule has 0 heterocycles. The number of carboxylic acid groups (broad SMARTS) is 1. The molecule has 0 bridgehead atoms. The highest BCUT2D eigenvalue weighted by Crippen LogP contribution is 2.11. The lowest BCUT2D eigenvalue weighted by Gasteiger charge is -2.16. The molecule has 82 valence electrons. The first-order valence-electron chi connectivity index (χ1n) is 4.86. The fraction of sp³-hybridized carbons (Fsp3) is 0.800. The zero-order valence-corrected chi connectivity index (χ0v) is 9.20. The third kappa shape index (κ3) is 4.25. The average molecular weight is 201 g/mol. The van der Waals surface area contributed by atoms with E-state index in [0.717, 1.165) is 0 Å². The molecule has 0 aliphatic carbocycles. The van der Waals surface area contributed by atoms with Crippen LogP contribution in [0.3, 0.4) is 0 Å². The van der Waals surface area contributed by atoms with Gasteiger partial charge in [0.15, 0.2) is 0 Å². The Morgan fingerprint density at radius 1 is 1.21 bits per heavy atom. The summed E-state index contributed by atoms with van der Waals surface area (Å²) >= 11 is 0. The Hall–Kier alpha value is -1.06. The van der Waals surface area contributed by atoms with E-state index in [2.05, 4.69) is 5.32 Å². The van der Waals surface area contributed by atoms with Crippen LogP contribution in [0.2, 0.25) is 0 Å². The van der Waals surface area contributed by atoms with E-state index >= 15 is 0 Å². The first-order valence-corrected chi connectivity index (χ1v) is 4.86. The maximum atomic E-state index is 11.4. The van der Waals surface area contributed by atoms with E-state index in [0.29, 0.717) is 12.5 Å². The molecule has 0 aromatic rings. The number of aliphatic carboxylic acids is 1. The van der Waals surface area contributed by atoms with Gasteiger partial charge in [-0.1, -0.05) is 27.7 Å². The van der Waals surface area contributed by atoms with Crippen LogP contribution in [0.15, 0.2) is 0 Å². The first-order chi connectivity index (χ1) is 6.36. The normalized spacial score (nSPS) is 13.0. The van der Waals surface area contributed by atoms with Crippen LogP contribution in [0.4, 0.5) is 0 Å². The lowest BCUT2D eigenvalue weighted by Crippen LogP contribution is -2.39. The van der Waals surface area contributed by atoms with Crippen molar-refractivity contribution >= 4 is 11.9 Å². The molecule has 0 aromatic heterocycles. The van der Waals surface area contributed by atoms with E-state index in [4.69, 9.17) is 5.11 Å². The Morgan fingerprint density at radius 3 is 2.00 bits per heavy atom. The average Bonchev–Trinajstić information content (AvgIpc) is 1.99. The highest BCUT2D eigenvalue weighted by atomic mass is 16.4. The number of amides is 1. The summed E-state index contributed by atoms with van der Waals surface area (Å²) in [6, 6.07) is 0. The number of hydrogen-bond donors (Lipinski definition) is 2. The van der Waals surface area contributed by atoms with Gasteiger partial charge in [0.05, 0.1) is 0 Å². The Labute approximate surface area is 84.7 Å². The van der Waals surface area contributed by atoms with Crippen LogP contribution < -0.4 is 5.32 Å². The van der Waals surface area contributed by atoms with E-state index in [1.54, 1.807) is 13.8 Å². The molecule has 0 aliphatic heterocycles. The summed E-state index contributed by atoms with van der Waals surface area (Å²) in [5.74, 6) is -2.23. The van der Waals surface area contributed by atoms with Crippen molar-refractivity contribution in [1.82, 2.24) is 5.32 Å². The standard InChI is InChI=1S/C10H19NO3/c1-6(2)5-11-9(12)8(7(3)4)10(13)14/h6-8H,5H2,1-4H3,(H,11,12)(H,13,14). The second-order valence-electron chi connectivity index (χ2n) is 4.20. The second-order valence-corrected chi connectivity index (χ2v) is 4.20. The van der Waals surface area contributed by atoms with E-state index in [9.17, 15) is 9.59 Å². The van der Waals surface area contributed by atoms with E-state index in [1.807, 2.05) is 13.8 Å². The minimum atomic E-state index is -1.05. The molecule has 0 aliphatic rings. The fourth-order valence-corrected chi connectivity index (χ4v) is 1.11. The fourth-order valence-electron chi connectivity index (χ4n) is 1.11. The van der Waals surface area contributed by atoms with Crippen LogP contribution in [0.5, 0.6) is 0 Å². The molecular formula is C10H19NO3. The van der Waals surface area contributed by atoms with Gasteiger partial charge in [-0.3, -0.25) is 9.59 Å². The molecule has 0 radical (unpaired) electrons. The van der Waals surface area contributed by atoms with Gasteiger partial charge in [-0.25, -0.2) is 0 Å². The maximum Gasteiger partial charge on any atom is 0.316 e. The summed E-state index contributed by atoms with van der Waals surface area (Å²) < 4.78 is 0. The monoisotopic (exact) mass is 201 g/mol. The number of carbonyl (C=O) groups is 2. The SMILES string of the molecule is CC(C)CNC(=O)C(C(=O)O)C(C)C. The van der Waals surface area contributed by atoms with Gasteiger partial charge in [0, 0.05) is 6.54 Å². The molecule has 1 amide bonds. The van der Waals surface area contributed by atoms with Gasteiger partial charge in [0.25, 0.3) is 0 Å². The second kappa shape index (κ2) is 5.62. The van der Waals surface area contributed by atoms with Gasteiger partial charge < -0.3 is 10.4 Å². The number of carboxylic acids is 1. The quantitative estimate of drug-likeness (QED) is 0.655. The highest BCUT2D eigenvalue weighted by molar-refractivity contribution is 5.97. The summed E-state index contributed by atoms with van der Waals surface area (Å²) in [5.41, 5.74) is 0. The Bertz CT molecular complexity index is 211. The molecule has 0 saturated heterocycles. The van der Waals surface area contributed by atoms with Crippen molar-refractivity contribution in [3.05, 3.63) is 0 Å². The van der Waals surface area contributed by atoms with Crippen molar-refractivity contribution in [2.45, 2.75) is 27.7 Å². The smallest absolute Gasteiger partial charge is 0.316 e. The minimum absolute atomic E-state index is 0.181. The molecule has 0 fully saturated rings. The van der Waals surface area contributed by atoms with E-state index in [-0.39, 0.29) is 11.8 Å². The maximum absolute atomic E-state index is 11.4. The Kier molecular flexibility index (Phi) is 5.20. The van der Waals surface area contributed by atoms with E-state index < -0.39 is 11.9 Å². The zero-order chi connectivity index (χ0) is 11.3. The van der Waals surface area contributed by atoms with Gasteiger partial charge >= 0.3 is 5.97 Å². The van der Waals surface area contributed by atoms with Crippen molar-refractivity contribution in [3.8, 4) is 0 Å². The topological polar surface area (TPSA) is 66.4 Å². The highest BCUT2D eigenvalue weighted by Gasteiger charge is 2.29. The molecular weight excluding hydrogens is 182 g/mol. The summed E-state index contributed by atoms with van der Waals surface area (Å²) in [5, 5.41) is 11.4. The molecule has 14 heavy (non-hydrogen) atoms. The number of carbonyl (C=O) groups excluding carboxylic acids is 1. The lowest BCUT2D eigenvalue weighted by molar-refractivity contribution is -0.148. The minimum Gasteiger partial charge on any atom is -0.481 e. The third-order valence-electron chi connectivity index (χ3n) is 1.90. The summed E-state index contributed by atoms with van der Waals surface area (Å²) in [7, 11) is 0. The number of rotatable bonds is 5. The van der Waals surface area contributed by atoms with Crippen LogP contribution >= 0.6 is 0 Å². The van der Waals surface area contributed by atoms with Gasteiger partial charge in [-0.2, -0.15) is 0 Å². The van der Waals surface area contributed by atoms with Gasteiger partial charge in [0.2, 0.25) is 5.91 Å². The molecule has 0 aromatic carbocycles. The van der Waals surface area contributed by atoms with Crippen LogP contribution in [-0.4, -0.2) is 23.5 Å². The third-order valence-corrected chi connectivity index (χ3v) is 1.90. The van der Waals surface area contributed by atoms with Gasteiger partial charge in [0.1, 0.15) is 5.92 Å². The molecule has 4 heteroatoms. The molecule has 4 nitrogen and oxygen atoms in total. The summed E-state index contributed by atoms with van der Waals surface area (Å²) in [6.45, 7) is 7.91. The van der Waals surface area contributed by atoms with Crippen LogP contribution in [0.1, 0.15) is 27.7 Å².